The Kier molecular flexibility index (Phi) is 5.93. The van der Waals surface area contributed by atoms with Crippen molar-refractivity contribution in [2.45, 2.75) is 25.0 Å². The Labute approximate surface area is 142 Å². The van der Waals surface area contributed by atoms with Gasteiger partial charge in [0, 0.05) is 24.0 Å². The molecule has 0 saturated heterocycles. The van der Waals surface area contributed by atoms with Crippen LogP contribution in [0, 0.1) is 24.7 Å². The van der Waals surface area contributed by atoms with Gasteiger partial charge in [0.2, 0.25) is 0 Å². The molecule has 0 aliphatic heterocycles. The molecular formula is C21H18O3. The zero-order valence-corrected chi connectivity index (χ0v) is 13.1. The molecule has 2 aromatic rings. The van der Waals surface area contributed by atoms with E-state index in [9.17, 15) is 15.0 Å². The Hall–Kier alpha value is -2.85. The lowest BCUT2D eigenvalue weighted by Gasteiger charge is -2.15. The SMILES string of the molecule is C#Cc1ccccc1[C@@H](O)CC(=O)C[C@H](O)c1ccccc1C#C. The van der Waals surface area contributed by atoms with Gasteiger partial charge in [-0.2, -0.15) is 0 Å². The second-order valence-corrected chi connectivity index (χ2v) is 5.44. The van der Waals surface area contributed by atoms with E-state index in [2.05, 4.69) is 11.8 Å². The third-order valence-corrected chi connectivity index (χ3v) is 3.79. The summed E-state index contributed by atoms with van der Waals surface area (Å²) in [5.74, 6) is 4.71. The molecule has 120 valence electrons. The van der Waals surface area contributed by atoms with E-state index < -0.39 is 12.2 Å². The van der Waals surface area contributed by atoms with Gasteiger partial charge in [-0.3, -0.25) is 4.79 Å². The molecule has 2 rings (SSSR count). The van der Waals surface area contributed by atoms with E-state index >= 15 is 0 Å². The maximum atomic E-state index is 12.2. The first-order valence-electron chi connectivity index (χ1n) is 7.55. The first-order chi connectivity index (χ1) is 11.6. The fraction of sp³-hybridized carbons (Fsp3) is 0.190. The van der Waals surface area contributed by atoms with Crippen LogP contribution >= 0.6 is 0 Å². The molecule has 3 nitrogen and oxygen atoms in total. The van der Waals surface area contributed by atoms with Gasteiger partial charge < -0.3 is 10.2 Å². The van der Waals surface area contributed by atoms with Gasteiger partial charge in [-0.15, -0.1) is 12.8 Å². The Morgan fingerprint density at radius 2 is 1.21 bits per heavy atom. The van der Waals surface area contributed by atoms with Crippen LogP contribution in [0.25, 0.3) is 0 Å². The van der Waals surface area contributed by atoms with Gasteiger partial charge in [0.1, 0.15) is 5.78 Å². The molecule has 0 amide bonds. The molecule has 0 aliphatic rings. The van der Waals surface area contributed by atoms with Crippen LogP contribution < -0.4 is 0 Å². The molecule has 0 bridgehead atoms. The third kappa shape index (κ3) is 4.12. The molecule has 0 fully saturated rings. The Morgan fingerprint density at radius 1 is 0.833 bits per heavy atom. The largest absolute Gasteiger partial charge is 0.388 e. The number of carbonyl (C=O) groups is 1. The minimum absolute atomic E-state index is 0.117. The minimum Gasteiger partial charge on any atom is -0.388 e. The van der Waals surface area contributed by atoms with Crippen molar-refractivity contribution in [3.8, 4) is 24.7 Å². The van der Waals surface area contributed by atoms with Crippen molar-refractivity contribution >= 4 is 5.78 Å². The predicted molar refractivity (Wildman–Crippen MR) is 92.9 cm³/mol. The van der Waals surface area contributed by atoms with E-state index in [-0.39, 0.29) is 18.6 Å². The van der Waals surface area contributed by atoms with Gasteiger partial charge in [-0.05, 0) is 23.3 Å². The summed E-state index contributed by atoms with van der Waals surface area (Å²) in [6.45, 7) is 0. The molecule has 0 aliphatic carbocycles. The molecule has 0 unspecified atom stereocenters. The van der Waals surface area contributed by atoms with E-state index in [1.807, 2.05) is 0 Å². The summed E-state index contributed by atoms with van der Waals surface area (Å²) < 4.78 is 0. The summed E-state index contributed by atoms with van der Waals surface area (Å²) in [6.07, 6.45) is 8.57. The summed E-state index contributed by atoms with van der Waals surface area (Å²) in [4.78, 5) is 12.2. The van der Waals surface area contributed by atoms with E-state index in [4.69, 9.17) is 12.8 Å². The van der Waals surface area contributed by atoms with Gasteiger partial charge in [0.25, 0.3) is 0 Å². The number of aliphatic hydroxyl groups excluding tert-OH is 2. The fourth-order valence-electron chi connectivity index (χ4n) is 2.57. The molecule has 0 aromatic heterocycles. The second-order valence-electron chi connectivity index (χ2n) is 5.44. The lowest BCUT2D eigenvalue weighted by molar-refractivity contribution is -0.123. The van der Waals surface area contributed by atoms with Crippen LogP contribution in [0.4, 0.5) is 0 Å². The summed E-state index contributed by atoms with van der Waals surface area (Å²) in [5.41, 5.74) is 2.17. The summed E-state index contributed by atoms with van der Waals surface area (Å²) in [6, 6.07) is 13.8. The van der Waals surface area contributed by atoms with Gasteiger partial charge >= 0.3 is 0 Å². The highest BCUT2D eigenvalue weighted by atomic mass is 16.3. The van der Waals surface area contributed by atoms with Crippen LogP contribution in [0.15, 0.2) is 48.5 Å². The van der Waals surface area contributed by atoms with Crippen molar-refractivity contribution in [1.29, 1.82) is 0 Å². The topological polar surface area (TPSA) is 57.5 Å². The minimum atomic E-state index is -1.00. The normalized spacial score (nSPS) is 12.7. The van der Waals surface area contributed by atoms with Crippen LogP contribution in [0.1, 0.15) is 47.3 Å². The van der Waals surface area contributed by atoms with E-state index in [1.165, 1.54) is 0 Å². The Morgan fingerprint density at radius 3 is 1.58 bits per heavy atom. The summed E-state index contributed by atoms with van der Waals surface area (Å²) in [7, 11) is 0. The maximum Gasteiger partial charge on any atom is 0.138 e. The average molecular weight is 318 g/mol. The quantitative estimate of drug-likeness (QED) is 0.805. The van der Waals surface area contributed by atoms with E-state index in [0.717, 1.165) is 0 Å². The molecule has 0 spiro atoms. The van der Waals surface area contributed by atoms with Crippen molar-refractivity contribution in [3.63, 3.8) is 0 Å². The molecule has 2 atom stereocenters. The maximum absolute atomic E-state index is 12.2. The standard InChI is InChI=1S/C21H18O3/c1-3-15-9-5-7-11-18(15)20(23)13-17(22)14-21(24)19-12-8-6-10-16(19)4-2/h1-2,5-12,20-21,23-24H,13-14H2/t20-,21-/m0/s1. The highest BCUT2D eigenvalue weighted by molar-refractivity contribution is 5.80. The number of hydrogen-bond acceptors (Lipinski definition) is 3. The van der Waals surface area contributed by atoms with Crippen molar-refractivity contribution < 1.29 is 15.0 Å². The fourth-order valence-corrected chi connectivity index (χ4v) is 2.57. The van der Waals surface area contributed by atoms with Gasteiger partial charge in [0.05, 0.1) is 12.2 Å². The van der Waals surface area contributed by atoms with Crippen LogP contribution in [0.2, 0.25) is 0 Å². The number of carbonyl (C=O) groups excluding carboxylic acids is 1. The number of terminal acetylenes is 2. The van der Waals surface area contributed by atoms with Gasteiger partial charge in [0.15, 0.2) is 0 Å². The lowest BCUT2D eigenvalue weighted by atomic mass is 9.94. The molecule has 2 aromatic carbocycles. The first kappa shape index (κ1) is 17.5. The highest BCUT2D eigenvalue weighted by Crippen LogP contribution is 2.25. The molecule has 0 saturated carbocycles. The second kappa shape index (κ2) is 8.13. The molecule has 0 radical (unpaired) electrons. The molecular weight excluding hydrogens is 300 g/mol. The van der Waals surface area contributed by atoms with Crippen molar-refractivity contribution in [3.05, 3.63) is 70.8 Å². The predicted octanol–water partition coefficient (Wildman–Crippen LogP) is 2.77. The Balaban J connectivity index is 2.05. The average Bonchev–Trinajstić information content (AvgIpc) is 2.61. The zero-order chi connectivity index (χ0) is 17.5. The van der Waals surface area contributed by atoms with Crippen LogP contribution in [-0.2, 0) is 4.79 Å². The summed E-state index contributed by atoms with van der Waals surface area (Å²) in [5, 5.41) is 20.5. The molecule has 0 heterocycles. The monoisotopic (exact) mass is 318 g/mol. The Bertz CT molecular complexity index is 741. The van der Waals surface area contributed by atoms with Crippen molar-refractivity contribution in [2.75, 3.05) is 0 Å². The van der Waals surface area contributed by atoms with Crippen LogP contribution in [-0.4, -0.2) is 16.0 Å². The zero-order valence-electron chi connectivity index (χ0n) is 13.1. The first-order valence-corrected chi connectivity index (χ1v) is 7.55. The number of hydrogen-bond donors (Lipinski definition) is 2. The van der Waals surface area contributed by atoms with Gasteiger partial charge in [-0.1, -0.05) is 48.2 Å². The number of benzene rings is 2. The van der Waals surface area contributed by atoms with Gasteiger partial charge in [-0.25, -0.2) is 0 Å². The molecule has 3 heteroatoms. The highest BCUT2D eigenvalue weighted by Gasteiger charge is 2.20. The van der Waals surface area contributed by atoms with E-state index in [1.54, 1.807) is 48.5 Å². The number of aliphatic hydroxyl groups is 2. The van der Waals surface area contributed by atoms with Crippen molar-refractivity contribution in [2.24, 2.45) is 0 Å². The van der Waals surface area contributed by atoms with Crippen LogP contribution in [0.5, 0.6) is 0 Å². The smallest absolute Gasteiger partial charge is 0.138 e. The number of ketones is 1. The number of rotatable bonds is 6. The molecule has 24 heavy (non-hydrogen) atoms. The lowest BCUT2D eigenvalue weighted by Crippen LogP contribution is -2.12. The van der Waals surface area contributed by atoms with E-state index in [0.29, 0.717) is 22.3 Å². The molecule has 2 N–H and O–H groups in total. The third-order valence-electron chi connectivity index (χ3n) is 3.79. The summed E-state index contributed by atoms with van der Waals surface area (Å²) >= 11 is 0. The number of Topliss-reactive ketones (excluding diaryl/α,β-unsaturated/α-hetero) is 1. The van der Waals surface area contributed by atoms with Crippen molar-refractivity contribution in [1.82, 2.24) is 0 Å². The van der Waals surface area contributed by atoms with Crippen LogP contribution in [0.3, 0.4) is 0 Å².